The highest BCUT2D eigenvalue weighted by Gasteiger charge is 2.31. The number of phenols is 1. The molecule has 0 fully saturated rings. The minimum absolute atomic E-state index is 0.291. The van der Waals surface area contributed by atoms with Gasteiger partial charge in [0.05, 0.1) is 0 Å². The number of aromatic hydroxyl groups is 1. The summed E-state index contributed by atoms with van der Waals surface area (Å²) >= 11 is 0. The molecule has 0 bridgehead atoms. The quantitative estimate of drug-likeness (QED) is 0.837. The van der Waals surface area contributed by atoms with Crippen LogP contribution in [-0.2, 0) is 10.3 Å². The van der Waals surface area contributed by atoms with Crippen molar-refractivity contribution in [1.29, 1.82) is 0 Å². The molecule has 1 aliphatic carbocycles. The lowest BCUT2D eigenvalue weighted by molar-refractivity contribution is -0.0106. The Morgan fingerprint density at radius 1 is 1.04 bits per heavy atom. The number of benzene rings is 2. The number of ether oxygens (including phenoxy) is 1. The van der Waals surface area contributed by atoms with Crippen molar-refractivity contribution in [3.63, 3.8) is 0 Å². The minimum atomic E-state index is -0.377. The van der Waals surface area contributed by atoms with Gasteiger partial charge in [0.2, 0.25) is 0 Å². The zero-order valence-corrected chi connectivity index (χ0v) is 13.4. The number of phenolic OH excluding ortho intramolecular Hbond substituents is 1. The molecule has 118 valence electrons. The number of allylic oxidation sites excluding steroid dienone is 2. The van der Waals surface area contributed by atoms with E-state index in [1.807, 2.05) is 18.2 Å². The summed E-state index contributed by atoms with van der Waals surface area (Å²) in [6, 6.07) is 17.7. The molecule has 0 heterocycles. The molecule has 1 unspecified atom stereocenters. The maximum Gasteiger partial charge on any atom is 0.115 e. The van der Waals surface area contributed by atoms with Crippen LogP contribution in [0.1, 0.15) is 30.9 Å². The van der Waals surface area contributed by atoms with E-state index in [0.717, 1.165) is 30.6 Å². The Balaban J connectivity index is 1.88. The van der Waals surface area contributed by atoms with Gasteiger partial charge in [-0.1, -0.05) is 61.5 Å². The van der Waals surface area contributed by atoms with E-state index in [1.165, 1.54) is 5.56 Å². The molecule has 3 rings (SSSR count). The van der Waals surface area contributed by atoms with Crippen LogP contribution in [0.4, 0.5) is 0 Å². The number of rotatable bonds is 5. The molecule has 23 heavy (non-hydrogen) atoms. The molecule has 1 atom stereocenters. The van der Waals surface area contributed by atoms with E-state index in [0.29, 0.717) is 5.75 Å². The fourth-order valence-corrected chi connectivity index (χ4v) is 2.90. The van der Waals surface area contributed by atoms with Crippen molar-refractivity contribution in [1.82, 2.24) is 0 Å². The van der Waals surface area contributed by atoms with Crippen LogP contribution in [0, 0.1) is 0 Å². The molecule has 1 aliphatic rings. The predicted molar refractivity (Wildman–Crippen MR) is 94.2 cm³/mol. The van der Waals surface area contributed by atoms with Gasteiger partial charge in [0.15, 0.2) is 0 Å². The maximum absolute atomic E-state index is 9.43. The van der Waals surface area contributed by atoms with Crippen molar-refractivity contribution in [2.75, 3.05) is 6.61 Å². The lowest BCUT2D eigenvalue weighted by Gasteiger charge is -2.33. The second kappa shape index (κ2) is 6.84. The SMILES string of the molecule is CCCOC1(c2ccccc2)C=CC(c2ccc(O)cc2)=CC1. The molecule has 0 saturated heterocycles. The summed E-state index contributed by atoms with van der Waals surface area (Å²) in [5.74, 6) is 0.291. The largest absolute Gasteiger partial charge is 0.508 e. The van der Waals surface area contributed by atoms with Crippen LogP contribution in [0.5, 0.6) is 5.75 Å². The molecular formula is C21H22O2. The average Bonchev–Trinajstić information content (AvgIpc) is 2.62. The Morgan fingerprint density at radius 2 is 1.78 bits per heavy atom. The highest BCUT2D eigenvalue weighted by molar-refractivity contribution is 5.76. The van der Waals surface area contributed by atoms with Gasteiger partial charge in [0.25, 0.3) is 0 Å². The average molecular weight is 306 g/mol. The summed E-state index contributed by atoms with van der Waals surface area (Å²) in [6.45, 7) is 2.87. The Bertz CT molecular complexity index is 698. The zero-order valence-electron chi connectivity index (χ0n) is 13.4. The van der Waals surface area contributed by atoms with Crippen LogP contribution in [0.3, 0.4) is 0 Å². The van der Waals surface area contributed by atoms with Gasteiger partial charge in [0, 0.05) is 13.0 Å². The summed E-state index contributed by atoms with van der Waals surface area (Å²) in [7, 11) is 0. The smallest absolute Gasteiger partial charge is 0.115 e. The number of hydrogen-bond donors (Lipinski definition) is 1. The van der Waals surface area contributed by atoms with Crippen molar-refractivity contribution in [2.45, 2.75) is 25.4 Å². The molecule has 0 amide bonds. The summed E-state index contributed by atoms with van der Waals surface area (Å²) < 4.78 is 6.24. The fraction of sp³-hybridized carbons (Fsp3) is 0.238. The van der Waals surface area contributed by atoms with E-state index in [1.54, 1.807) is 12.1 Å². The molecule has 2 nitrogen and oxygen atoms in total. The van der Waals surface area contributed by atoms with Crippen LogP contribution in [0.25, 0.3) is 5.57 Å². The molecule has 0 aliphatic heterocycles. The Morgan fingerprint density at radius 3 is 2.39 bits per heavy atom. The Kier molecular flexibility index (Phi) is 4.63. The Hall–Kier alpha value is -2.32. The molecule has 0 spiro atoms. The Labute approximate surface area is 137 Å². The second-order valence-electron chi connectivity index (χ2n) is 5.85. The summed E-state index contributed by atoms with van der Waals surface area (Å²) in [5.41, 5.74) is 3.08. The molecule has 2 aromatic carbocycles. The first-order valence-corrected chi connectivity index (χ1v) is 8.12. The third kappa shape index (κ3) is 3.38. The van der Waals surface area contributed by atoms with Crippen molar-refractivity contribution in [3.05, 3.63) is 84.0 Å². The van der Waals surface area contributed by atoms with Crippen LogP contribution in [-0.4, -0.2) is 11.7 Å². The lowest BCUT2D eigenvalue weighted by Crippen LogP contribution is -2.28. The van der Waals surface area contributed by atoms with Crippen molar-refractivity contribution in [3.8, 4) is 5.75 Å². The fourth-order valence-electron chi connectivity index (χ4n) is 2.90. The minimum Gasteiger partial charge on any atom is -0.508 e. The van der Waals surface area contributed by atoms with Crippen LogP contribution in [0.2, 0.25) is 0 Å². The van der Waals surface area contributed by atoms with Gasteiger partial charge in [0.1, 0.15) is 11.4 Å². The summed E-state index contributed by atoms with van der Waals surface area (Å²) in [5, 5.41) is 9.43. The van der Waals surface area contributed by atoms with Crippen LogP contribution in [0.15, 0.2) is 72.8 Å². The van der Waals surface area contributed by atoms with Gasteiger partial charge in [-0.2, -0.15) is 0 Å². The molecule has 0 radical (unpaired) electrons. The normalized spacial score (nSPS) is 20.3. The second-order valence-corrected chi connectivity index (χ2v) is 5.85. The summed E-state index contributed by atoms with van der Waals surface area (Å²) in [4.78, 5) is 0. The molecule has 1 N–H and O–H groups in total. The molecule has 0 aromatic heterocycles. The van der Waals surface area contributed by atoms with Gasteiger partial charge >= 0.3 is 0 Å². The van der Waals surface area contributed by atoms with Crippen LogP contribution >= 0.6 is 0 Å². The van der Waals surface area contributed by atoms with E-state index in [9.17, 15) is 5.11 Å². The first-order chi connectivity index (χ1) is 11.2. The zero-order chi connectivity index (χ0) is 16.1. The molecule has 2 heteroatoms. The van der Waals surface area contributed by atoms with Crippen molar-refractivity contribution < 1.29 is 9.84 Å². The molecule has 0 saturated carbocycles. The van der Waals surface area contributed by atoms with E-state index < -0.39 is 0 Å². The van der Waals surface area contributed by atoms with E-state index in [-0.39, 0.29) is 5.60 Å². The van der Waals surface area contributed by atoms with E-state index in [4.69, 9.17) is 4.74 Å². The highest BCUT2D eigenvalue weighted by Crippen LogP contribution is 2.37. The lowest BCUT2D eigenvalue weighted by atomic mass is 9.84. The van der Waals surface area contributed by atoms with Crippen molar-refractivity contribution >= 4 is 5.57 Å². The van der Waals surface area contributed by atoms with Gasteiger partial charge in [-0.3, -0.25) is 0 Å². The van der Waals surface area contributed by atoms with Gasteiger partial charge in [-0.25, -0.2) is 0 Å². The van der Waals surface area contributed by atoms with E-state index >= 15 is 0 Å². The standard InChI is InChI=1S/C21H22O2/c1-2-16-23-21(19-6-4-3-5-7-19)14-12-18(13-15-21)17-8-10-20(22)11-9-17/h3-14,22H,2,15-16H2,1H3. The molecular weight excluding hydrogens is 284 g/mol. The molecule has 2 aromatic rings. The number of hydrogen-bond acceptors (Lipinski definition) is 2. The highest BCUT2D eigenvalue weighted by atomic mass is 16.5. The van der Waals surface area contributed by atoms with E-state index in [2.05, 4.69) is 49.4 Å². The van der Waals surface area contributed by atoms with Crippen molar-refractivity contribution in [2.24, 2.45) is 0 Å². The first kappa shape index (κ1) is 15.6. The first-order valence-electron chi connectivity index (χ1n) is 8.12. The maximum atomic E-state index is 9.43. The van der Waals surface area contributed by atoms with Gasteiger partial charge < -0.3 is 9.84 Å². The van der Waals surface area contributed by atoms with Gasteiger partial charge in [-0.15, -0.1) is 0 Å². The summed E-state index contributed by atoms with van der Waals surface area (Å²) in [6.07, 6.45) is 8.31. The monoisotopic (exact) mass is 306 g/mol. The third-order valence-electron chi connectivity index (χ3n) is 4.18. The topological polar surface area (TPSA) is 29.5 Å². The predicted octanol–water partition coefficient (Wildman–Crippen LogP) is 5.06. The van der Waals surface area contributed by atoms with Crippen LogP contribution < -0.4 is 0 Å². The third-order valence-corrected chi connectivity index (χ3v) is 4.18. The van der Waals surface area contributed by atoms with Gasteiger partial charge in [-0.05, 0) is 41.3 Å².